The van der Waals surface area contributed by atoms with Crippen LogP contribution in [0.2, 0.25) is 0 Å². The first-order valence-electron chi connectivity index (χ1n) is 8.28. The van der Waals surface area contributed by atoms with Crippen LogP contribution < -0.4 is 10.6 Å². The molecule has 1 aromatic rings. The number of aliphatic carboxylic acids is 1. The van der Waals surface area contributed by atoms with Gasteiger partial charge in [0.15, 0.2) is 0 Å². The average molecular weight is 318 g/mol. The Kier molecular flexibility index (Phi) is 5.77. The molecule has 0 aromatic heterocycles. The Morgan fingerprint density at radius 1 is 1.26 bits per heavy atom. The number of nitrogens with one attached hydrogen (secondary N) is 2. The van der Waals surface area contributed by atoms with Crippen molar-refractivity contribution in [2.75, 3.05) is 6.54 Å². The molecule has 0 saturated heterocycles. The summed E-state index contributed by atoms with van der Waals surface area (Å²) in [4.78, 5) is 23.6. The van der Waals surface area contributed by atoms with Crippen molar-refractivity contribution >= 4 is 11.9 Å². The standard InChI is InChI=1S/C18H26N2O3/c1-13(2)11-19-16(21)15-7-5-6-14(10-15)12-20-18(17(22)23)8-3-4-9-18/h5-7,10,13,20H,3-4,8-9,11-12H2,1-2H3,(H,19,21)(H,22,23). The summed E-state index contributed by atoms with van der Waals surface area (Å²) in [6.07, 6.45) is 3.21. The second-order valence-corrected chi connectivity index (χ2v) is 6.75. The minimum absolute atomic E-state index is 0.0886. The molecular formula is C18H26N2O3. The topological polar surface area (TPSA) is 78.4 Å². The van der Waals surface area contributed by atoms with E-state index < -0.39 is 11.5 Å². The van der Waals surface area contributed by atoms with Crippen LogP contribution in [0.1, 0.15) is 55.5 Å². The maximum Gasteiger partial charge on any atom is 0.323 e. The maximum atomic E-state index is 12.1. The lowest BCUT2D eigenvalue weighted by Gasteiger charge is -2.25. The van der Waals surface area contributed by atoms with Gasteiger partial charge in [-0.1, -0.05) is 38.8 Å². The van der Waals surface area contributed by atoms with Crippen molar-refractivity contribution in [2.24, 2.45) is 5.92 Å². The van der Waals surface area contributed by atoms with Crippen LogP contribution in [0.3, 0.4) is 0 Å². The molecule has 1 aromatic carbocycles. The van der Waals surface area contributed by atoms with E-state index in [4.69, 9.17) is 0 Å². The molecule has 1 aliphatic carbocycles. The second-order valence-electron chi connectivity index (χ2n) is 6.75. The Morgan fingerprint density at radius 3 is 2.57 bits per heavy atom. The lowest BCUT2D eigenvalue weighted by Crippen LogP contribution is -2.49. The van der Waals surface area contributed by atoms with Gasteiger partial charge in [-0.25, -0.2) is 0 Å². The summed E-state index contributed by atoms with van der Waals surface area (Å²) in [5.41, 5.74) is 0.728. The number of amides is 1. The molecule has 0 atom stereocenters. The zero-order chi connectivity index (χ0) is 16.9. The van der Waals surface area contributed by atoms with Gasteiger partial charge in [-0.3, -0.25) is 14.9 Å². The summed E-state index contributed by atoms with van der Waals surface area (Å²) in [7, 11) is 0. The SMILES string of the molecule is CC(C)CNC(=O)c1cccc(CNC2(C(=O)O)CCCC2)c1. The number of carboxylic acids is 1. The molecule has 2 rings (SSSR count). The molecule has 0 radical (unpaired) electrons. The van der Waals surface area contributed by atoms with Crippen molar-refractivity contribution in [3.8, 4) is 0 Å². The van der Waals surface area contributed by atoms with E-state index in [9.17, 15) is 14.7 Å². The highest BCUT2D eigenvalue weighted by Gasteiger charge is 2.40. The van der Waals surface area contributed by atoms with Crippen molar-refractivity contribution in [1.29, 1.82) is 0 Å². The number of carbonyl (C=O) groups excluding carboxylic acids is 1. The molecule has 5 heteroatoms. The average Bonchev–Trinajstić information content (AvgIpc) is 3.01. The Hall–Kier alpha value is -1.88. The van der Waals surface area contributed by atoms with E-state index in [1.165, 1.54) is 0 Å². The predicted molar refractivity (Wildman–Crippen MR) is 89.3 cm³/mol. The van der Waals surface area contributed by atoms with Gasteiger partial charge in [0, 0.05) is 18.7 Å². The summed E-state index contributed by atoms with van der Waals surface area (Å²) < 4.78 is 0. The zero-order valence-corrected chi connectivity index (χ0v) is 13.9. The molecule has 0 bridgehead atoms. The van der Waals surface area contributed by atoms with Crippen LogP contribution in [0.4, 0.5) is 0 Å². The van der Waals surface area contributed by atoms with Gasteiger partial charge in [-0.2, -0.15) is 0 Å². The monoisotopic (exact) mass is 318 g/mol. The summed E-state index contributed by atoms with van der Waals surface area (Å²) in [5.74, 6) is -0.461. The summed E-state index contributed by atoms with van der Waals surface area (Å²) in [5, 5.41) is 15.6. The smallest absolute Gasteiger partial charge is 0.323 e. The molecule has 1 saturated carbocycles. The van der Waals surface area contributed by atoms with E-state index in [1.807, 2.05) is 32.0 Å². The van der Waals surface area contributed by atoms with Crippen LogP contribution in [-0.4, -0.2) is 29.1 Å². The van der Waals surface area contributed by atoms with Crippen molar-refractivity contribution in [2.45, 2.75) is 51.6 Å². The third-order valence-electron chi connectivity index (χ3n) is 4.36. The number of hydrogen-bond acceptors (Lipinski definition) is 3. The van der Waals surface area contributed by atoms with Crippen LogP contribution in [-0.2, 0) is 11.3 Å². The Bertz CT molecular complexity index is 563. The van der Waals surface area contributed by atoms with E-state index in [0.717, 1.165) is 18.4 Å². The fourth-order valence-corrected chi connectivity index (χ4v) is 2.94. The van der Waals surface area contributed by atoms with E-state index in [-0.39, 0.29) is 5.91 Å². The third-order valence-corrected chi connectivity index (χ3v) is 4.36. The van der Waals surface area contributed by atoms with Gasteiger partial charge < -0.3 is 10.4 Å². The number of rotatable bonds is 7. The number of hydrogen-bond donors (Lipinski definition) is 3. The van der Waals surface area contributed by atoms with Crippen LogP contribution in [0.25, 0.3) is 0 Å². The van der Waals surface area contributed by atoms with Crippen LogP contribution in [0, 0.1) is 5.92 Å². The molecule has 3 N–H and O–H groups in total. The fraction of sp³-hybridized carbons (Fsp3) is 0.556. The first kappa shape index (κ1) is 17.5. The maximum absolute atomic E-state index is 12.1. The van der Waals surface area contributed by atoms with Crippen molar-refractivity contribution in [3.63, 3.8) is 0 Å². The van der Waals surface area contributed by atoms with Gasteiger partial charge in [0.05, 0.1) is 0 Å². The number of carboxylic acid groups (broad SMARTS) is 1. The Balaban J connectivity index is 1.99. The lowest BCUT2D eigenvalue weighted by molar-refractivity contribution is -0.144. The van der Waals surface area contributed by atoms with Gasteiger partial charge in [0.2, 0.25) is 0 Å². The molecule has 0 spiro atoms. The first-order valence-corrected chi connectivity index (χ1v) is 8.28. The lowest BCUT2D eigenvalue weighted by atomic mass is 9.97. The summed E-state index contributed by atoms with van der Waals surface area (Å²) in [6, 6.07) is 7.36. The molecular weight excluding hydrogens is 292 g/mol. The van der Waals surface area contributed by atoms with Gasteiger partial charge in [0.1, 0.15) is 5.54 Å². The van der Waals surface area contributed by atoms with Gasteiger partial charge in [-0.05, 0) is 36.5 Å². The fourth-order valence-electron chi connectivity index (χ4n) is 2.94. The molecule has 1 amide bonds. The molecule has 1 aliphatic rings. The molecule has 0 heterocycles. The van der Waals surface area contributed by atoms with Crippen LogP contribution >= 0.6 is 0 Å². The van der Waals surface area contributed by atoms with E-state index >= 15 is 0 Å². The van der Waals surface area contributed by atoms with E-state index in [1.54, 1.807) is 6.07 Å². The predicted octanol–water partition coefficient (Wildman–Crippen LogP) is 2.56. The molecule has 0 aliphatic heterocycles. The Morgan fingerprint density at radius 2 is 1.96 bits per heavy atom. The second kappa shape index (κ2) is 7.59. The van der Waals surface area contributed by atoms with E-state index in [0.29, 0.717) is 37.4 Å². The van der Waals surface area contributed by atoms with Gasteiger partial charge in [0.25, 0.3) is 5.91 Å². The largest absolute Gasteiger partial charge is 0.480 e. The molecule has 0 unspecified atom stereocenters. The number of carbonyl (C=O) groups is 2. The van der Waals surface area contributed by atoms with Crippen LogP contribution in [0.5, 0.6) is 0 Å². The van der Waals surface area contributed by atoms with Crippen LogP contribution in [0.15, 0.2) is 24.3 Å². The first-order chi connectivity index (χ1) is 10.9. The molecule has 5 nitrogen and oxygen atoms in total. The highest BCUT2D eigenvalue weighted by atomic mass is 16.4. The molecule has 23 heavy (non-hydrogen) atoms. The normalized spacial score (nSPS) is 16.5. The quantitative estimate of drug-likeness (QED) is 0.722. The molecule has 1 fully saturated rings. The van der Waals surface area contributed by atoms with Crippen molar-refractivity contribution < 1.29 is 14.7 Å². The number of benzene rings is 1. The minimum atomic E-state index is -0.810. The Labute approximate surface area is 137 Å². The zero-order valence-electron chi connectivity index (χ0n) is 13.9. The van der Waals surface area contributed by atoms with Gasteiger partial charge in [-0.15, -0.1) is 0 Å². The van der Waals surface area contributed by atoms with E-state index in [2.05, 4.69) is 10.6 Å². The highest BCUT2D eigenvalue weighted by Crippen LogP contribution is 2.30. The summed E-state index contributed by atoms with van der Waals surface area (Å²) in [6.45, 7) is 5.20. The van der Waals surface area contributed by atoms with Gasteiger partial charge >= 0.3 is 5.97 Å². The van der Waals surface area contributed by atoms with Crippen molar-refractivity contribution in [1.82, 2.24) is 10.6 Å². The summed E-state index contributed by atoms with van der Waals surface area (Å²) >= 11 is 0. The highest BCUT2D eigenvalue weighted by molar-refractivity contribution is 5.94. The minimum Gasteiger partial charge on any atom is -0.480 e. The van der Waals surface area contributed by atoms with Crippen molar-refractivity contribution in [3.05, 3.63) is 35.4 Å². The molecule has 126 valence electrons. The third kappa shape index (κ3) is 4.55.